The predicted octanol–water partition coefficient (Wildman–Crippen LogP) is -0.0328. The van der Waals surface area contributed by atoms with Gasteiger partial charge in [-0.3, -0.25) is 11.5 Å². The minimum absolute atomic E-state index is 0.564. The Bertz CT molecular complexity index is 196. The summed E-state index contributed by atoms with van der Waals surface area (Å²) in [6, 6.07) is 0. The van der Waals surface area contributed by atoms with E-state index >= 15 is 0 Å². The zero-order valence-electron chi connectivity index (χ0n) is 10.8. The second-order valence-corrected chi connectivity index (χ2v) is 4.13. The van der Waals surface area contributed by atoms with Crippen LogP contribution in [0.4, 0.5) is 4.79 Å². The molecule has 0 saturated carbocycles. The van der Waals surface area contributed by atoms with Gasteiger partial charge < -0.3 is 20.9 Å². The van der Waals surface area contributed by atoms with Crippen molar-refractivity contribution in [2.75, 3.05) is 13.1 Å². The zero-order chi connectivity index (χ0) is 13.8. The number of rotatable bonds is 10. The van der Waals surface area contributed by atoms with Crippen molar-refractivity contribution in [2.45, 2.75) is 51.0 Å². The van der Waals surface area contributed by atoms with Crippen molar-refractivity contribution in [3.8, 4) is 0 Å². The minimum atomic E-state index is -0.824. The van der Waals surface area contributed by atoms with E-state index in [-0.39, 0.29) is 0 Å². The molecule has 18 heavy (non-hydrogen) atoms. The van der Waals surface area contributed by atoms with Crippen molar-refractivity contribution in [3.63, 3.8) is 0 Å². The maximum atomic E-state index is 11.3. The first-order valence-electron chi connectivity index (χ1n) is 6.38. The van der Waals surface area contributed by atoms with Crippen LogP contribution >= 0.6 is 0 Å². The molecule has 2 unspecified atom stereocenters. The van der Waals surface area contributed by atoms with Gasteiger partial charge in [-0.25, -0.2) is 4.79 Å². The summed E-state index contributed by atoms with van der Waals surface area (Å²) in [4.78, 5) is 11.3. The average Bonchev–Trinajstić information content (AvgIpc) is 2.29. The molecule has 0 aromatic carbocycles. The summed E-state index contributed by atoms with van der Waals surface area (Å²) in [5.41, 5.74) is 21.9. The first kappa shape index (κ1) is 17.1. The van der Waals surface area contributed by atoms with Crippen LogP contribution in [0.1, 0.15) is 38.5 Å². The Balaban J connectivity index is 3.61. The van der Waals surface area contributed by atoms with Gasteiger partial charge in [-0.15, -0.1) is 0 Å². The highest BCUT2D eigenvalue weighted by Crippen LogP contribution is 2.04. The molecule has 0 aromatic heterocycles. The lowest BCUT2D eigenvalue weighted by Crippen LogP contribution is -2.32. The standard InChI is InChI=1S/C11H26N4O3/c12-7-3-1-5-9(14)17-11(16)18-10(15)6-2-4-8-13/h9-10H,1-8,12-15H2. The van der Waals surface area contributed by atoms with Crippen molar-refractivity contribution in [1.29, 1.82) is 0 Å². The Hall–Kier alpha value is -0.890. The first-order chi connectivity index (χ1) is 8.60. The highest BCUT2D eigenvalue weighted by molar-refractivity contribution is 5.60. The van der Waals surface area contributed by atoms with Crippen LogP contribution in [0.25, 0.3) is 0 Å². The van der Waals surface area contributed by atoms with Crippen molar-refractivity contribution in [1.82, 2.24) is 0 Å². The van der Waals surface area contributed by atoms with Crippen molar-refractivity contribution in [3.05, 3.63) is 0 Å². The van der Waals surface area contributed by atoms with Crippen LogP contribution in [0.3, 0.4) is 0 Å². The fraction of sp³-hybridized carbons (Fsp3) is 0.909. The van der Waals surface area contributed by atoms with Gasteiger partial charge in [-0.05, 0) is 51.6 Å². The molecule has 0 aliphatic rings. The quantitative estimate of drug-likeness (QED) is 0.246. The Kier molecular flexibility index (Phi) is 10.7. The molecule has 7 heteroatoms. The number of carbonyl (C=O) groups excluding carboxylic acids is 1. The van der Waals surface area contributed by atoms with E-state index in [9.17, 15) is 4.79 Å². The van der Waals surface area contributed by atoms with Gasteiger partial charge in [0.1, 0.15) is 0 Å². The summed E-state index contributed by atoms with van der Waals surface area (Å²) in [5, 5.41) is 0. The summed E-state index contributed by atoms with van der Waals surface area (Å²) in [7, 11) is 0. The molecule has 0 radical (unpaired) electrons. The van der Waals surface area contributed by atoms with Crippen molar-refractivity contribution >= 4 is 6.16 Å². The van der Waals surface area contributed by atoms with Gasteiger partial charge in [-0.1, -0.05) is 0 Å². The molecule has 0 aromatic rings. The number of unbranched alkanes of at least 4 members (excludes halogenated alkanes) is 2. The fourth-order valence-electron chi connectivity index (χ4n) is 1.37. The Morgan fingerprint density at radius 3 is 1.56 bits per heavy atom. The van der Waals surface area contributed by atoms with Gasteiger partial charge in [0.2, 0.25) is 0 Å². The van der Waals surface area contributed by atoms with E-state index in [0.717, 1.165) is 25.7 Å². The van der Waals surface area contributed by atoms with E-state index in [1.165, 1.54) is 0 Å². The third-order valence-corrected chi connectivity index (χ3v) is 2.38. The number of carbonyl (C=O) groups is 1. The van der Waals surface area contributed by atoms with Gasteiger partial charge in [0, 0.05) is 0 Å². The largest absolute Gasteiger partial charge is 0.511 e. The predicted molar refractivity (Wildman–Crippen MR) is 69.3 cm³/mol. The molecule has 0 aliphatic heterocycles. The Morgan fingerprint density at radius 2 is 1.22 bits per heavy atom. The summed E-state index contributed by atoms with van der Waals surface area (Å²) >= 11 is 0. The number of ether oxygens (including phenoxy) is 2. The Morgan fingerprint density at radius 1 is 0.833 bits per heavy atom. The summed E-state index contributed by atoms with van der Waals surface area (Å²) in [6.07, 6.45) is 2.30. The third kappa shape index (κ3) is 10.3. The molecule has 0 bridgehead atoms. The van der Waals surface area contributed by atoms with Crippen molar-refractivity contribution in [2.24, 2.45) is 22.9 Å². The fourth-order valence-corrected chi connectivity index (χ4v) is 1.37. The molecule has 0 saturated heterocycles. The van der Waals surface area contributed by atoms with Gasteiger partial charge in [0.05, 0.1) is 0 Å². The SMILES string of the molecule is NCCCCC(N)OC(=O)OC(N)CCCCN. The van der Waals surface area contributed by atoms with Crippen LogP contribution in [0.15, 0.2) is 0 Å². The average molecular weight is 262 g/mol. The highest BCUT2D eigenvalue weighted by atomic mass is 16.7. The second kappa shape index (κ2) is 11.2. The zero-order valence-corrected chi connectivity index (χ0v) is 10.8. The molecule has 0 fully saturated rings. The second-order valence-electron chi connectivity index (χ2n) is 4.13. The molecule has 108 valence electrons. The molecular formula is C11H26N4O3. The van der Waals surface area contributed by atoms with Gasteiger partial charge >= 0.3 is 6.16 Å². The monoisotopic (exact) mass is 262 g/mol. The van der Waals surface area contributed by atoms with E-state index < -0.39 is 18.6 Å². The third-order valence-electron chi connectivity index (χ3n) is 2.38. The van der Waals surface area contributed by atoms with E-state index in [4.69, 9.17) is 32.4 Å². The molecule has 8 N–H and O–H groups in total. The summed E-state index contributed by atoms with van der Waals surface area (Å²) < 4.78 is 9.69. The maximum absolute atomic E-state index is 11.3. The molecule has 7 nitrogen and oxygen atoms in total. The minimum Gasteiger partial charge on any atom is -0.415 e. The molecular weight excluding hydrogens is 236 g/mol. The van der Waals surface area contributed by atoms with Crippen LogP contribution in [-0.2, 0) is 9.47 Å². The molecule has 0 rings (SSSR count). The first-order valence-corrected chi connectivity index (χ1v) is 6.38. The van der Waals surface area contributed by atoms with E-state index in [0.29, 0.717) is 25.9 Å². The summed E-state index contributed by atoms with van der Waals surface area (Å²) in [6.45, 7) is 1.20. The maximum Gasteiger partial charge on any atom is 0.511 e. The van der Waals surface area contributed by atoms with Crippen LogP contribution in [0, 0.1) is 0 Å². The lowest BCUT2D eigenvalue weighted by atomic mass is 10.2. The highest BCUT2D eigenvalue weighted by Gasteiger charge is 2.14. The van der Waals surface area contributed by atoms with Crippen LogP contribution in [0.2, 0.25) is 0 Å². The molecule has 0 spiro atoms. The van der Waals surface area contributed by atoms with E-state index in [1.807, 2.05) is 0 Å². The van der Waals surface area contributed by atoms with Crippen LogP contribution in [0.5, 0.6) is 0 Å². The smallest absolute Gasteiger partial charge is 0.415 e. The van der Waals surface area contributed by atoms with Crippen molar-refractivity contribution < 1.29 is 14.3 Å². The summed E-state index contributed by atoms with van der Waals surface area (Å²) in [5.74, 6) is 0. The normalized spacial score (nSPS) is 14.0. The van der Waals surface area contributed by atoms with E-state index in [1.54, 1.807) is 0 Å². The van der Waals surface area contributed by atoms with E-state index in [2.05, 4.69) is 0 Å². The number of nitrogens with two attached hydrogens (primary N) is 4. The lowest BCUT2D eigenvalue weighted by Gasteiger charge is -2.16. The van der Waals surface area contributed by atoms with Crippen LogP contribution in [-0.4, -0.2) is 31.7 Å². The topological polar surface area (TPSA) is 140 Å². The van der Waals surface area contributed by atoms with Crippen LogP contribution < -0.4 is 22.9 Å². The molecule has 2 atom stereocenters. The number of hydrogen-bond acceptors (Lipinski definition) is 7. The van der Waals surface area contributed by atoms with Gasteiger partial charge in [0.25, 0.3) is 0 Å². The number of hydrogen-bond donors (Lipinski definition) is 4. The molecule has 0 amide bonds. The molecule has 0 heterocycles. The van der Waals surface area contributed by atoms with Gasteiger partial charge in [-0.2, -0.15) is 0 Å². The Labute approximate surface area is 108 Å². The lowest BCUT2D eigenvalue weighted by molar-refractivity contribution is -0.00340. The van der Waals surface area contributed by atoms with Gasteiger partial charge in [0.15, 0.2) is 12.5 Å². The molecule has 0 aliphatic carbocycles.